The quantitative estimate of drug-likeness (QED) is 0.919. The summed E-state index contributed by atoms with van der Waals surface area (Å²) in [5, 5.41) is 7.54. The van der Waals surface area contributed by atoms with Crippen LogP contribution in [0.5, 0.6) is 5.75 Å². The molecule has 0 aliphatic rings. The molecular formula is C16H22FN3O. The van der Waals surface area contributed by atoms with Crippen molar-refractivity contribution in [2.75, 3.05) is 14.2 Å². The number of aromatic nitrogens is 2. The Morgan fingerprint density at radius 1 is 1.33 bits per heavy atom. The lowest BCUT2D eigenvalue weighted by Crippen LogP contribution is -2.24. The van der Waals surface area contributed by atoms with Gasteiger partial charge in [0, 0.05) is 11.6 Å². The summed E-state index contributed by atoms with van der Waals surface area (Å²) >= 11 is 0. The Labute approximate surface area is 124 Å². The fourth-order valence-electron chi connectivity index (χ4n) is 2.52. The van der Waals surface area contributed by atoms with E-state index in [1.807, 2.05) is 38.6 Å². The van der Waals surface area contributed by atoms with Crippen LogP contribution in [0.4, 0.5) is 4.39 Å². The number of nitrogens with one attached hydrogen (secondary N) is 1. The number of ether oxygens (including phenoxy) is 1. The third-order valence-corrected chi connectivity index (χ3v) is 3.53. The SMILES string of the molecule is CNC(c1cc(C)ccc1F)c1c(OC)cnn1C(C)C. The largest absolute Gasteiger partial charge is 0.493 e. The van der Waals surface area contributed by atoms with Gasteiger partial charge in [-0.25, -0.2) is 4.39 Å². The molecule has 0 fully saturated rings. The van der Waals surface area contributed by atoms with Crippen molar-refractivity contribution in [3.63, 3.8) is 0 Å². The second-order valence-electron chi connectivity index (χ2n) is 5.38. The minimum Gasteiger partial charge on any atom is -0.493 e. The van der Waals surface area contributed by atoms with Crippen LogP contribution in [0.25, 0.3) is 0 Å². The Kier molecular flexibility index (Phi) is 4.63. The van der Waals surface area contributed by atoms with Crippen LogP contribution >= 0.6 is 0 Å². The van der Waals surface area contributed by atoms with Crippen molar-refractivity contribution in [1.82, 2.24) is 15.1 Å². The summed E-state index contributed by atoms with van der Waals surface area (Å²) in [6.45, 7) is 6.02. The summed E-state index contributed by atoms with van der Waals surface area (Å²) in [5.74, 6) is 0.419. The van der Waals surface area contributed by atoms with Crippen LogP contribution in [-0.4, -0.2) is 23.9 Å². The molecule has 0 saturated carbocycles. The first kappa shape index (κ1) is 15.5. The second kappa shape index (κ2) is 6.26. The third kappa shape index (κ3) is 2.93. The molecule has 1 atom stereocenters. The Bertz CT molecular complexity index is 622. The fraction of sp³-hybridized carbons (Fsp3) is 0.438. The predicted octanol–water partition coefficient (Wildman–Crippen LogP) is 3.23. The molecule has 0 radical (unpaired) electrons. The van der Waals surface area contributed by atoms with Crippen molar-refractivity contribution in [3.05, 3.63) is 47.0 Å². The minimum atomic E-state index is -0.315. The van der Waals surface area contributed by atoms with Crippen LogP contribution < -0.4 is 10.1 Å². The zero-order valence-corrected chi connectivity index (χ0v) is 13.1. The highest BCUT2D eigenvalue weighted by atomic mass is 19.1. The molecule has 0 aliphatic carbocycles. The Morgan fingerprint density at radius 2 is 2.05 bits per heavy atom. The normalized spacial score (nSPS) is 12.7. The predicted molar refractivity (Wildman–Crippen MR) is 81.2 cm³/mol. The van der Waals surface area contributed by atoms with Gasteiger partial charge in [-0.15, -0.1) is 0 Å². The molecule has 5 heteroatoms. The molecule has 0 amide bonds. The van der Waals surface area contributed by atoms with Gasteiger partial charge in [-0.3, -0.25) is 4.68 Å². The lowest BCUT2D eigenvalue weighted by atomic mass is 10.00. The minimum absolute atomic E-state index is 0.160. The van der Waals surface area contributed by atoms with Gasteiger partial charge in [0.1, 0.15) is 11.5 Å². The van der Waals surface area contributed by atoms with E-state index < -0.39 is 0 Å². The molecule has 1 aromatic carbocycles. The molecule has 21 heavy (non-hydrogen) atoms. The topological polar surface area (TPSA) is 39.1 Å². The zero-order chi connectivity index (χ0) is 15.6. The molecule has 0 bridgehead atoms. The number of hydrogen-bond acceptors (Lipinski definition) is 3. The van der Waals surface area contributed by atoms with Gasteiger partial charge >= 0.3 is 0 Å². The zero-order valence-electron chi connectivity index (χ0n) is 13.1. The van der Waals surface area contributed by atoms with E-state index in [-0.39, 0.29) is 17.9 Å². The fourth-order valence-corrected chi connectivity index (χ4v) is 2.52. The lowest BCUT2D eigenvalue weighted by Gasteiger charge is -2.22. The van der Waals surface area contributed by atoms with E-state index >= 15 is 0 Å². The van der Waals surface area contributed by atoms with E-state index in [0.717, 1.165) is 11.3 Å². The molecule has 2 aromatic rings. The maximum absolute atomic E-state index is 14.3. The molecule has 0 spiro atoms. The number of nitrogens with zero attached hydrogens (tertiary/aromatic N) is 2. The molecule has 4 nitrogen and oxygen atoms in total. The Balaban J connectivity index is 2.61. The first-order chi connectivity index (χ1) is 9.99. The van der Waals surface area contributed by atoms with Crippen LogP contribution in [0, 0.1) is 12.7 Å². The highest BCUT2D eigenvalue weighted by Gasteiger charge is 2.25. The van der Waals surface area contributed by atoms with E-state index in [9.17, 15) is 4.39 Å². The summed E-state index contributed by atoms with van der Waals surface area (Å²) in [5.41, 5.74) is 2.44. The van der Waals surface area contributed by atoms with Crippen LogP contribution in [0.1, 0.15) is 42.8 Å². The van der Waals surface area contributed by atoms with Crippen LogP contribution in [0.15, 0.2) is 24.4 Å². The van der Waals surface area contributed by atoms with Gasteiger partial charge in [-0.05, 0) is 33.9 Å². The highest BCUT2D eigenvalue weighted by molar-refractivity contribution is 5.38. The molecule has 1 aromatic heterocycles. The van der Waals surface area contributed by atoms with Crippen molar-refractivity contribution in [2.45, 2.75) is 32.9 Å². The summed E-state index contributed by atoms with van der Waals surface area (Å²) in [4.78, 5) is 0. The monoisotopic (exact) mass is 291 g/mol. The van der Waals surface area contributed by atoms with Gasteiger partial charge in [-0.1, -0.05) is 17.7 Å². The summed E-state index contributed by atoms with van der Waals surface area (Å²) < 4.78 is 21.5. The number of methoxy groups -OCH3 is 1. The summed E-state index contributed by atoms with van der Waals surface area (Å²) in [7, 11) is 3.41. The van der Waals surface area contributed by atoms with Crippen LogP contribution in [-0.2, 0) is 0 Å². The van der Waals surface area contributed by atoms with Crippen LogP contribution in [0.3, 0.4) is 0 Å². The maximum atomic E-state index is 14.3. The van der Waals surface area contributed by atoms with Gasteiger partial charge < -0.3 is 10.1 Å². The Hall–Kier alpha value is -1.88. The number of hydrogen-bond donors (Lipinski definition) is 1. The van der Waals surface area contributed by atoms with Gasteiger partial charge in [-0.2, -0.15) is 5.10 Å². The molecule has 114 valence electrons. The van der Waals surface area contributed by atoms with Crippen LogP contribution in [0.2, 0.25) is 0 Å². The number of rotatable bonds is 5. The van der Waals surface area contributed by atoms with E-state index in [4.69, 9.17) is 4.74 Å². The maximum Gasteiger partial charge on any atom is 0.161 e. The second-order valence-corrected chi connectivity index (χ2v) is 5.38. The lowest BCUT2D eigenvalue weighted by molar-refractivity contribution is 0.394. The number of benzene rings is 1. The molecule has 2 rings (SSSR count). The molecule has 0 saturated heterocycles. The molecule has 1 unspecified atom stereocenters. The first-order valence-electron chi connectivity index (χ1n) is 7.04. The first-order valence-corrected chi connectivity index (χ1v) is 7.04. The van der Waals surface area contributed by atoms with Crippen molar-refractivity contribution in [3.8, 4) is 5.75 Å². The van der Waals surface area contributed by atoms with E-state index in [2.05, 4.69) is 10.4 Å². The average Bonchev–Trinajstić information content (AvgIpc) is 2.87. The third-order valence-electron chi connectivity index (χ3n) is 3.53. The number of halogens is 1. The molecule has 1 heterocycles. The highest BCUT2D eigenvalue weighted by Crippen LogP contribution is 2.33. The van der Waals surface area contributed by atoms with E-state index in [0.29, 0.717) is 11.3 Å². The smallest absolute Gasteiger partial charge is 0.161 e. The average molecular weight is 291 g/mol. The van der Waals surface area contributed by atoms with Crippen molar-refractivity contribution in [2.24, 2.45) is 0 Å². The number of aryl methyl sites for hydroxylation is 1. The molecular weight excluding hydrogens is 269 g/mol. The summed E-state index contributed by atoms with van der Waals surface area (Å²) in [6, 6.07) is 4.96. The van der Waals surface area contributed by atoms with Gasteiger partial charge in [0.25, 0.3) is 0 Å². The van der Waals surface area contributed by atoms with Crippen molar-refractivity contribution >= 4 is 0 Å². The standard InChI is InChI=1S/C16H22FN3O/c1-10(2)20-16(14(21-5)9-19-20)15(18-4)12-8-11(3)6-7-13(12)17/h6-10,15,18H,1-5H3. The molecule has 1 N–H and O–H groups in total. The van der Waals surface area contributed by atoms with E-state index in [1.54, 1.807) is 19.4 Å². The van der Waals surface area contributed by atoms with Gasteiger partial charge in [0.15, 0.2) is 5.75 Å². The van der Waals surface area contributed by atoms with Crippen molar-refractivity contribution in [1.29, 1.82) is 0 Å². The van der Waals surface area contributed by atoms with Crippen molar-refractivity contribution < 1.29 is 9.13 Å². The Morgan fingerprint density at radius 3 is 2.62 bits per heavy atom. The van der Waals surface area contributed by atoms with Gasteiger partial charge in [0.05, 0.1) is 19.3 Å². The van der Waals surface area contributed by atoms with Gasteiger partial charge in [0.2, 0.25) is 0 Å². The summed E-state index contributed by atoms with van der Waals surface area (Å²) in [6.07, 6.45) is 1.67. The van der Waals surface area contributed by atoms with E-state index in [1.165, 1.54) is 6.07 Å². The molecule has 0 aliphatic heterocycles.